The van der Waals surface area contributed by atoms with E-state index in [1.165, 1.54) is 7.11 Å². The van der Waals surface area contributed by atoms with E-state index in [9.17, 15) is 9.59 Å². The summed E-state index contributed by atoms with van der Waals surface area (Å²) in [6.45, 7) is 2.48. The van der Waals surface area contributed by atoms with Gasteiger partial charge in [-0.25, -0.2) is 9.78 Å². The fourth-order valence-electron chi connectivity index (χ4n) is 4.38. The predicted octanol–water partition coefficient (Wildman–Crippen LogP) is 4.42. The molecule has 9 nitrogen and oxygen atoms in total. The van der Waals surface area contributed by atoms with E-state index < -0.39 is 5.97 Å². The van der Waals surface area contributed by atoms with Gasteiger partial charge in [-0.2, -0.15) is 5.21 Å². The standard InChI is InChI=1S/C28H26N6O3/c1-3-4-9-25-29-24-15-14-20(28(36)37-2)16-23(24)27(35)34(25)17-18-10-12-19(13-11-18)21-7-5-6-8-22(21)26-30-32-33-31-26/h5-8,10-16H,3-4,9,17H2,1-2H3,(H,30,31,32,33). The molecule has 2 aromatic heterocycles. The van der Waals surface area contributed by atoms with Crippen LogP contribution in [0.1, 0.15) is 41.5 Å². The number of tetrazole rings is 1. The number of nitrogens with zero attached hydrogens (tertiary/aromatic N) is 5. The van der Waals surface area contributed by atoms with Gasteiger partial charge in [0.25, 0.3) is 5.56 Å². The molecular weight excluding hydrogens is 468 g/mol. The summed E-state index contributed by atoms with van der Waals surface area (Å²) < 4.78 is 6.54. The maximum atomic E-state index is 13.6. The topological polar surface area (TPSA) is 116 Å². The third-order valence-electron chi connectivity index (χ3n) is 6.33. The van der Waals surface area contributed by atoms with Crippen LogP contribution < -0.4 is 5.56 Å². The lowest BCUT2D eigenvalue weighted by atomic mass is 9.98. The molecule has 3 aromatic carbocycles. The maximum absolute atomic E-state index is 13.6. The number of benzene rings is 3. The summed E-state index contributed by atoms with van der Waals surface area (Å²) >= 11 is 0. The predicted molar refractivity (Wildman–Crippen MR) is 140 cm³/mol. The van der Waals surface area contributed by atoms with Crippen LogP contribution in [0, 0.1) is 0 Å². The Morgan fingerprint density at radius 2 is 1.81 bits per heavy atom. The van der Waals surface area contributed by atoms with Crippen molar-refractivity contribution in [1.82, 2.24) is 30.2 Å². The smallest absolute Gasteiger partial charge is 0.337 e. The van der Waals surface area contributed by atoms with Gasteiger partial charge in [0.1, 0.15) is 5.82 Å². The number of ether oxygens (including phenoxy) is 1. The van der Waals surface area contributed by atoms with Crippen molar-refractivity contribution in [1.29, 1.82) is 0 Å². The molecule has 186 valence electrons. The van der Waals surface area contributed by atoms with Gasteiger partial charge in [0.2, 0.25) is 5.82 Å². The van der Waals surface area contributed by atoms with E-state index in [1.54, 1.807) is 22.8 Å². The lowest BCUT2D eigenvalue weighted by Gasteiger charge is -2.15. The van der Waals surface area contributed by atoms with Crippen LogP contribution in [-0.4, -0.2) is 43.3 Å². The number of hydrogen-bond donors (Lipinski definition) is 1. The molecule has 0 radical (unpaired) electrons. The zero-order valence-electron chi connectivity index (χ0n) is 20.6. The molecule has 0 spiro atoms. The third-order valence-corrected chi connectivity index (χ3v) is 6.33. The van der Waals surface area contributed by atoms with Crippen LogP contribution in [0.5, 0.6) is 0 Å². The van der Waals surface area contributed by atoms with E-state index in [2.05, 4.69) is 27.5 Å². The van der Waals surface area contributed by atoms with Gasteiger partial charge in [-0.3, -0.25) is 9.36 Å². The zero-order chi connectivity index (χ0) is 25.8. The van der Waals surface area contributed by atoms with Crippen molar-refractivity contribution in [2.24, 2.45) is 0 Å². The molecule has 0 aliphatic rings. The van der Waals surface area contributed by atoms with E-state index in [1.807, 2.05) is 48.5 Å². The summed E-state index contributed by atoms with van der Waals surface area (Å²) in [6.07, 6.45) is 2.60. The lowest BCUT2D eigenvalue weighted by molar-refractivity contribution is 0.0601. The summed E-state index contributed by atoms with van der Waals surface area (Å²) in [5, 5.41) is 14.8. The zero-order valence-corrected chi connectivity index (χ0v) is 20.6. The number of carbonyl (C=O) groups is 1. The van der Waals surface area contributed by atoms with E-state index in [0.717, 1.165) is 40.9 Å². The van der Waals surface area contributed by atoms with E-state index >= 15 is 0 Å². The summed E-state index contributed by atoms with van der Waals surface area (Å²) in [5.74, 6) is 0.775. The Morgan fingerprint density at radius 3 is 2.51 bits per heavy atom. The number of rotatable bonds is 8. The first-order valence-corrected chi connectivity index (χ1v) is 12.1. The first-order valence-electron chi connectivity index (χ1n) is 12.1. The van der Waals surface area contributed by atoms with Crippen LogP contribution in [0.25, 0.3) is 33.4 Å². The number of methoxy groups -OCH3 is 1. The van der Waals surface area contributed by atoms with E-state index in [0.29, 0.717) is 35.3 Å². The fraction of sp³-hybridized carbons (Fsp3) is 0.214. The quantitative estimate of drug-likeness (QED) is 0.317. The van der Waals surface area contributed by atoms with Gasteiger partial charge in [0.15, 0.2) is 0 Å². The van der Waals surface area contributed by atoms with Crippen LogP contribution >= 0.6 is 0 Å². The van der Waals surface area contributed by atoms with Gasteiger partial charge < -0.3 is 4.74 Å². The molecular formula is C28H26N6O3. The molecule has 0 aliphatic carbocycles. The number of aryl methyl sites for hydroxylation is 1. The number of carbonyl (C=O) groups excluding carboxylic acids is 1. The SMILES string of the molecule is CCCCc1nc2ccc(C(=O)OC)cc2c(=O)n1Cc1ccc(-c2ccccc2-c2nn[nH]n2)cc1. The molecule has 0 atom stereocenters. The second-order valence-electron chi connectivity index (χ2n) is 8.72. The molecule has 2 heterocycles. The molecule has 37 heavy (non-hydrogen) atoms. The highest BCUT2D eigenvalue weighted by Crippen LogP contribution is 2.29. The van der Waals surface area contributed by atoms with Gasteiger partial charge in [-0.1, -0.05) is 61.9 Å². The van der Waals surface area contributed by atoms with Crippen molar-refractivity contribution in [3.8, 4) is 22.5 Å². The number of unbranched alkanes of at least 4 members (excludes halogenated alkanes) is 1. The Bertz CT molecular complexity index is 1610. The molecule has 0 unspecified atom stereocenters. The minimum Gasteiger partial charge on any atom is -0.465 e. The maximum Gasteiger partial charge on any atom is 0.337 e. The number of esters is 1. The molecule has 0 saturated heterocycles. The molecule has 0 fully saturated rings. The molecule has 0 bridgehead atoms. The normalized spacial score (nSPS) is 11.1. The van der Waals surface area contributed by atoms with E-state index in [-0.39, 0.29) is 5.56 Å². The second kappa shape index (κ2) is 10.5. The fourth-order valence-corrected chi connectivity index (χ4v) is 4.38. The highest BCUT2D eigenvalue weighted by molar-refractivity contribution is 5.94. The first kappa shape index (κ1) is 24.1. The monoisotopic (exact) mass is 494 g/mol. The van der Waals surface area contributed by atoms with Crippen molar-refractivity contribution in [2.75, 3.05) is 7.11 Å². The summed E-state index contributed by atoms with van der Waals surface area (Å²) in [7, 11) is 1.32. The number of nitrogens with one attached hydrogen (secondary N) is 1. The largest absolute Gasteiger partial charge is 0.465 e. The second-order valence-corrected chi connectivity index (χ2v) is 8.72. The summed E-state index contributed by atoms with van der Waals surface area (Å²) in [4.78, 5) is 30.4. The molecule has 0 saturated carbocycles. The van der Waals surface area contributed by atoms with Crippen molar-refractivity contribution in [3.05, 3.63) is 94.0 Å². The molecule has 0 amide bonds. The Hall–Kier alpha value is -4.66. The van der Waals surface area contributed by atoms with Gasteiger partial charge in [0, 0.05) is 12.0 Å². The average Bonchev–Trinajstić information content (AvgIpc) is 3.48. The van der Waals surface area contributed by atoms with Crippen LogP contribution in [0.15, 0.2) is 71.5 Å². The third kappa shape index (κ3) is 4.88. The molecule has 0 aliphatic heterocycles. The highest BCUT2D eigenvalue weighted by atomic mass is 16.5. The van der Waals surface area contributed by atoms with E-state index in [4.69, 9.17) is 9.72 Å². The molecule has 9 heteroatoms. The number of aromatic amines is 1. The van der Waals surface area contributed by atoms with Crippen molar-refractivity contribution in [3.63, 3.8) is 0 Å². The number of aromatic nitrogens is 6. The molecule has 5 rings (SSSR count). The Morgan fingerprint density at radius 1 is 1.03 bits per heavy atom. The number of H-pyrrole nitrogens is 1. The number of hydrogen-bond acceptors (Lipinski definition) is 7. The van der Waals surface area contributed by atoms with Gasteiger partial charge in [-0.05, 0) is 46.5 Å². The molecule has 1 N–H and O–H groups in total. The van der Waals surface area contributed by atoms with Crippen molar-refractivity contribution >= 4 is 16.9 Å². The Kier molecular flexibility index (Phi) is 6.85. The van der Waals surface area contributed by atoms with Crippen molar-refractivity contribution < 1.29 is 9.53 Å². The van der Waals surface area contributed by atoms with Gasteiger partial charge in [0.05, 0.1) is 30.1 Å². The van der Waals surface area contributed by atoms with Gasteiger partial charge >= 0.3 is 5.97 Å². The minimum absolute atomic E-state index is 0.173. The van der Waals surface area contributed by atoms with Crippen LogP contribution in [0.4, 0.5) is 0 Å². The average molecular weight is 495 g/mol. The van der Waals surface area contributed by atoms with Gasteiger partial charge in [-0.15, -0.1) is 10.2 Å². The highest BCUT2D eigenvalue weighted by Gasteiger charge is 2.15. The number of fused-ring (bicyclic) bond motifs is 1. The lowest BCUT2D eigenvalue weighted by Crippen LogP contribution is -2.26. The van der Waals surface area contributed by atoms with Crippen molar-refractivity contribution in [2.45, 2.75) is 32.7 Å². The van der Waals surface area contributed by atoms with Crippen LogP contribution in [0.2, 0.25) is 0 Å². The summed E-state index contributed by atoms with van der Waals surface area (Å²) in [5.41, 5.74) is 4.56. The minimum atomic E-state index is -0.486. The Balaban J connectivity index is 1.52. The summed E-state index contributed by atoms with van der Waals surface area (Å²) in [6, 6.07) is 20.8. The van der Waals surface area contributed by atoms with Crippen LogP contribution in [0.3, 0.4) is 0 Å². The first-order chi connectivity index (χ1) is 18.1. The Labute approximate surface area is 213 Å². The van der Waals surface area contributed by atoms with Crippen LogP contribution in [-0.2, 0) is 17.7 Å². The molecule has 5 aromatic rings.